The highest BCUT2D eigenvalue weighted by Crippen LogP contribution is 2.30. The van der Waals surface area contributed by atoms with E-state index in [4.69, 9.17) is 4.74 Å². The Morgan fingerprint density at radius 1 is 1.33 bits per heavy atom. The van der Waals surface area contributed by atoms with Crippen molar-refractivity contribution in [3.8, 4) is 5.75 Å². The minimum Gasteiger partial charge on any atom is -0.483 e. The van der Waals surface area contributed by atoms with Gasteiger partial charge in [-0.25, -0.2) is 0 Å². The summed E-state index contributed by atoms with van der Waals surface area (Å²) in [4.78, 5) is 12.0. The molecule has 2 aromatic rings. The maximum atomic E-state index is 12.0. The summed E-state index contributed by atoms with van der Waals surface area (Å²) in [5.74, 6) is 0.823. The van der Waals surface area contributed by atoms with Crippen molar-refractivity contribution >= 4 is 50.1 Å². The third-order valence-electron chi connectivity index (χ3n) is 2.97. The van der Waals surface area contributed by atoms with Crippen LogP contribution in [-0.2, 0) is 4.79 Å². The van der Waals surface area contributed by atoms with Crippen LogP contribution in [0, 0.1) is 0 Å². The summed E-state index contributed by atoms with van der Waals surface area (Å²) < 4.78 is 7.25. The number of carbonyl (C=O) groups is 1. The van der Waals surface area contributed by atoms with Crippen LogP contribution in [0.3, 0.4) is 0 Å². The number of aromatic nitrogens is 2. The second kappa shape index (κ2) is 8.82. The van der Waals surface area contributed by atoms with Crippen molar-refractivity contribution in [2.45, 2.75) is 43.2 Å². The highest BCUT2D eigenvalue weighted by Gasteiger charge is 2.12. The zero-order valence-corrected chi connectivity index (χ0v) is 17.2. The zero-order chi connectivity index (χ0) is 17.7. The van der Waals surface area contributed by atoms with E-state index >= 15 is 0 Å². The van der Waals surface area contributed by atoms with E-state index in [0.717, 1.165) is 8.81 Å². The molecule has 0 atom stereocenters. The topological polar surface area (TPSA) is 64.1 Å². The molecule has 0 saturated heterocycles. The quantitative estimate of drug-likeness (QED) is 0.498. The van der Waals surface area contributed by atoms with Crippen LogP contribution in [0.25, 0.3) is 0 Å². The van der Waals surface area contributed by atoms with Gasteiger partial charge in [0.1, 0.15) is 5.75 Å². The summed E-state index contributed by atoms with van der Waals surface area (Å²) in [5, 5.41) is 11.6. The number of thioether (sulfide) groups is 1. The van der Waals surface area contributed by atoms with Crippen molar-refractivity contribution in [3.05, 3.63) is 28.2 Å². The number of halogens is 1. The normalized spacial score (nSPS) is 11.1. The summed E-state index contributed by atoms with van der Waals surface area (Å²) in [5.41, 5.74) is 1.21. The summed E-state index contributed by atoms with van der Waals surface area (Å²) in [7, 11) is 0. The number of ether oxygens (including phenoxy) is 1. The number of amides is 1. The predicted octanol–water partition coefficient (Wildman–Crippen LogP) is 4.94. The molecular formula is C16H20BrN3O2S2. The Kier molecular flexibility index (Phi) is 7.06. The van der Waals surface area contributed by atoms with Crippen LogP contribution in [0.15, 0.2) is 27.0 Å². The molecule has 1 aromatic carbocycles. The van der Waals surface area contributed by atoms with E-state index in [1.807, 2.05) is 18.2 Å². The zero-order valence-electron chi connectivity index (χ0n) is 14.0. The molecule has 2 rings (SSSR count). The van der Waals surface area contributed by atoms with Gasteiger partial charge in [0, 0.05) is 5.25 Å². The molecule has 0 aliphatic heterocycles. The maximum Gasteiger partial charge on any atom is 0.264 e. The molecule has 1 aromatic heterocycles. The van der Waals surface area contributed by atoms with Crippen LogP contribution < -0.4 is 10.1 Å². The van der Waals surface area contributed by atoms with E-state index in [1.54, 1.807) is 11.8 Å². The molecule has 0 unspecified atom stereocenters. The molecular weight excluding hydrogens is 410 g/mol. The third-order valence-corrected chi connectivity index (χ3v) is 5.52. The smallest absolute Gasteiger partial charge is 0.264 e. The van der Waals surface area contributed by atoms with Gasteiger partial charge >= 0.3 is 0 Å². The lowest BCUT2D eigenvalue weighted by Crippen LogP contribution is -2.20. The van der Waals surface area contributed by atoms with Gasteiger partial charge in [0.05, 0.1) is 4.47 Å². The van der Waals surface area contributed by atoms with Crippen LogP contribution in [0.5, 0.6) is 5.75 Å². The molecule has 24 heavy (non-hydrogen) atoms. The van der Waals surface area contributed by atoms with E-state index in [2.05, 4.69) is 59.1 Å². The minimum absolute atomic E-state index is 0.0775. The van der Waals surface area contributed by atoms with Crippen LogP contribution in [0.1, 0.15) is 39.2 Å². The second-order valence-electron chi connectivity index (χ2n) is 5.72. The molecule has 0 spiro atoms. The van der Waals surface area contributed by atoms with Gasteiger partial charge in [-0.3, -0.25) is 10.1 Å². The Morgan fingerprint density at radius 2 is 2.08 bits per heavy atom. The Labute approximate surface area is 158 Å². The number of hydrogen-bond donors (Lipinski definition) is 1. The molecule has 130 valence electrons. The average Bonchev–Trinajstić information content (AvgIpc) is 2.91. The van der Waals surface area contributed by atoms with Gasteiger partial charge in [0.15, 0.2) is 10.9 Å². The molecule has 1 N–H and O–H groups in total. The minimum atomic E-state index is -0.257. The van der Waals surface area contributed by atoms with Crippen molar-refractivity contribution in [2.75, 3.05) is 11.9 Å². The van der Waals surface area contributed by atoms with Crippen molar-refractivity contribution in [3.63, 3.8) is 0 Å². The fourth-order valence-electron chi connectivity index (χ4n) is 1.80. The number of benzene rings is 1. The fraction of sp³-hybridized carbons (Fsp3) is 0.438. The number of hydrogen-bond acceptors (Lipinski definition) is 6. The van der Waals surface area contributed by atoms with Gasteiger partial charge in [0.25, 0.3) is 5.91 Å². The van der Waals surface area contributed by atoms with E-state index in [9.17, 15) is 4.79 Å². The van der Waals surface area contributed by atoms with Gasteiger partial charge < -0.3 is 4.74 Å². The lowest BCUT2D eigenvalue weighted by atomic mass is 10.0. The number of nitrogens with one attached hydrogen (secondary N) is 1. The predicted molar refractivity (Wildman–Crippen MR) is 103 cm³/mol. The molecule has 1 heterocycles. The highest BCUT2D eigenvalue weighted by molar-refractivity contribution is 9.10. The molecule has 5 nitrogen and oxygen atoms in total. The van der Waals surface area contributed by atoms with E-state index in [-0.39, 0.29) is 12.5 Å². The Hall–Kier alpha value is -1.12. The molecule has 0 fully saturated rings. The summed E-state index contributed by atoms with van der Waals surface area (Å²) in [6, 6.07) is 5.88. The summed E-state index contributed by atoms with van der Waals surface area (Å²) in [6.45, 7) is 8.35. The molecule has 0 saturated carbocycles. The van der Waals surface area contributed by atoms with Crippen molar-refractivity contribution in [1.82, 2.24) is 10.2 Å². The molecule has 0 bridgehead atoms. The molecule has 0 aliphatic carbocycles. The van der Waals surface area contributed by atoms with Crippen molar-refractivity contribution in [2.24, 2.45) is 0 Å². The van der Waals surface area contributed by atoms with Gasteiger partial charge in [-0.05, 0) is 39.5 Å². The monoisotopic (exact) mass is 429 g/mol. The lowest BCUT2D eigenvalue weighted by molar-refractivity contribution is -0.118. The van der Waals surface area contributed by atoms with Gasteiger partial charge in [-0.1, -0.05) is 56.9 Å². The van der Waals surface area contributed by atoms with E-state index in [0.29, 0.717) is 22.0 Å². The third kappa shape index (κ3) is 5.75. The Balaban J connectivity index is 1.88. The van der Waals surface area contributed by atoms with Gasteiger partial charge in [-0.2, -0.15) is 0 Å². The van der Waals surface area contributed by atoms with Crippen molar-refractivity contribution < 1.29 is 9.53 Å². The number of rotatable bonds is 7. The van der Waals surface area contributed by atoms with Gasteiger partial charge in [-0.15, -0.1) is 10.2 Å². The SMILES string of the molecule is CC(C)Sc1nnc(NC(=O)COc2ccc(C(C)C)cc2Br)s1. The lowest BCUT2D eigenvalue weighted by Gasteiger charge is -2.11. The first kappa shape index (κ1) is 19.2. The van der Waals surface area contributed by atoms with Crippen LogP contribution in [0.4, 0.5) is 5.13 Å². The van der Waals surface area contributed by atoms with E-state index in [1.165, 1.54) is 16.9 Å². The number of anilines is 1. The summed E-state index contributed by atoms with van der Waals surface area (Å²) in [6.07, 6.45) is 0. The molecule has 0 aliphatic rings. The first-order valence-corrected chi connectivity index (χ1v) is 10.1. The van der Waals surface area contributed by atoms with Crippen LogP contribution in [0.2, 0.25) is 0 Å². The largest absolute Gasteiger partial charge is 0.483 e. The first-order valence-electron chi connectivity index (χ1n) is 7.57. The second-order valence-corrected chi connectivity index (χ2v) is 9.38. The van der Waals surface area contributed by atoms with Gasteiger partial charge in [0.2, 0.25) is 5.13 Å². The summed E-state index contributed by atoms with van der Waals surface area (Å²) >= 11 is 6.46. The fourth-order valence-corrected chi connectivity index (χ4v) is 4.30. The average molecular weight is 430 g/mol. The number of nitrogens with zero attached hydrogens (tertiary/aromatic N) is 2. The first-order chi connectivity index (χ1) is 11.3. The molecule has 8 heteroatoms. The standard InChI is InChI=1S/C16H20BrN3O2S2/c1-9(2)11-5-6-13(12(17)7-11)22-8-14(21)18-15-19-20-16(24-15)23-10(3)4/h5-7,9-10H,8H2,1-4H3,(H,18,19,21). The highest BCUT2D eigenvalue weighted by atomic mass is 79.9. The molecule has 1 amide bonds. The Bertz CT molecular complexity index is 704. The van der Waals surface area contributed by atoms with E-state index < -0.39 is 0 Å². The van der Waals surface area contributed by atoms with Crippen LogP contribution >= 0.6 is 39.0 Å². The van der Waals surface area contributed by atoms with Crippen molar-refractivity contribution in [1.29, 1.82) is 0 Å². The van der Waals surface area contributed by atoms with Crippen LogP contribution in [-0.4, -0.2) is 28.0 Å². The maximum absolute atomic E-state index is 12.0. The molecule has 0 radical (unpaired) electrons. The number of carbonyl (C=O) groups excluding carboxylic acids is 1. The Morgan fingerprint density at radius 3 is 2.71 bits per heavy atom.